The first-order chi connectivity index (χ1) is 11.6. The molecule has 4 aromatic rings. The van der Waals surface area contributed by atoms with Gasteiger partial charge in [-0.3, -0.25) is 4.98 Å². The Morgan fingerprint density at radius 3 is 2.71 bits per heavy atom. The maximum Gasteiger partial charge on any atom is 0.336 e. The van der Waals surface area contributed by atoms with Gasteiger partial charge in [0.05, 0.1) is 12.3 Å². The number of furan rings is 1. The molecule has 24 heavy (non-hydrogen) atoms. The summed E-state index contributed by atoms with van der Waals surface area (Å²) in [5.41, 5.74) is 3.81. The van der Waals surface area contributed by atoms with Crippen molar-refractivity contribution in [3.8, 4) is 11.3 Å². The molecule has 1 N–H and O–H groups in total. The lowest BCUT2D eigenvalue weighted by Gasteiger charge is -2.03. The zero-order chi connectivity index (χ0) is 16.8. The minimum atomic E-state index is -0.430. The number of fused-ring (bicyclic) bond motifs is 2. The molecule has 0 aliphatic carbocycles. The van der Waals surface area contributed by atoms with E-state index in [1.165, 1.54) is 6.07 Å². The number of aliphatic hydroxyl groups is 1. The minimum Gasteiger partial charge on any atom is -0.454 e. The average molecular weight is 321 g/mol. The van der Waals surface area contributed by atoms with Crippen molar-refractivity contribution in [1.82, 2.24) is 4.98 Å². The van der Waals surface area contributed by atoms with Crippen molar-refractivity contribution >= 4 is 21.9 Å². The smallest absolute Gasteiger partial charge is 0.336 e. The highest BCUT2D eigenvalue weighted by Crippen LogP contribution is 2.34. The molecule has 0 spiro atoms. The van der Waals surface area contributed by atoms with Gasteiger partial charge in [0, 0.05) is 34.2 Å². The van der Waals surface area contributed by atoms with E-state index >= 15 is 0 Å². The van der Waals surface area contributed by atoms with Crippen LogP contribution >= 0.6 is 0 Å². The van der Waals surface area contributed by atoms with Crippen LogP contribution in [-0.4, -0.2) is 10.1 Å². The van der Waals surface area contributed by atoms with Crippen LogP contribution in [0.4, 0.5) is 0 Å². The van der Waals surface area contributed by atoms with Crippen LogP contribution in [0.15, 0.2) is 50.2 Å². The summed E-state index contributed by atoms with van der Waals surface area (Å²) >= 11 is 0. The number of nitrogens with zero attached hydrogens (tertiary/aromatic N) is 1. The van der Waals surface area contributed by atoms with Gasteiger partial charge in [-0.25, -0.2) is 4.79 Å². The van der Waals surface area contributed by atoms with Gasteiger partial charge in [0.1, 0.15) is 11.3 Å². The van der Waals surface area contributed by atoms with Gasteiger partial charge in [0.2, 0.25) is 0 Å². The highest BCUT2D eigenvalue weighted by Gasteiger charge is 2.16. The number of aryl methyl sites for hydroxylation is 2. The summed E-state index contributed by atoms with van der Waals surface area (Å²) in [6.45, 7) is 3.66. The molecule has 0 bridgehead atoms. The number of hydrogen-bond acceptors (Lipinski definition) is 5. The predicted octanol–water partition coefficient (Wildman–Crippen LogP) is 3.71. The molecule has 1 aromatic carbocycles. The second kappa shape index (κ2) is 5.32. The first kappa shape index (κ1) is 14.7. The van der Waals surface area contributed by atoms with Crippen LogP contribution in [0.1, 0.15) is 16.8 Å². The zero-order valence-corrected chi connectivity index (χ0v) is 13.3. The summed E-state index contributed by atoms with van der Waals surface area (Å²) in [5, 5.41) is 11.1. The highest BCUT2D eigenvalue weighted by atomic mass is 16.4. The van der Waals surface area contributed by atoms with Crippen LogP contribution in [0.3, 0.4) is 0 Å². The van der Waals surface area contributed by atoms with Gasteiger partial charge in [0.25, 0.3) is 0 Å². The van der Waals surface area contributed by atoms with Crippen molar-refractivity contribution in [3.63, 3.8) is 0 Å². The molecule has 0 saturated heterocycles. The first-order valence-electron chi connectivity index (χ1n) is 7.60. The standard InChI is InChI=1S/C19H15NO4/c1-10-3-4-13-15(7-18(22)23-16(13)5-10)17-6-14-12(9-21)8-20-11(2)19(14)24-17/h3-8,21H,9H2,1-2H3. The van der Waals surface area contributed by atoms with Gasteiger partial charge in [-0.05, 0) is 31.5 Å². The van der Waals surface area contributed by atoms with Crippen molar-refractivity contribution in [1.29, 1.82) is 0 Å². The summed E-state index contributed by atoms with van der Waals surface area (Å²) in [5.74, 6) is 0.553. The van der Waals surface area contributed by atoms with Crippen molar-refractivity contribution in [2.24, 2.45) is 0 Å². The summed E-state index contributed by atoms with van der Waals surface area (Å²) in [6, 6.07) is 8.96. The van der Waals surface area contributed by atoms with E-state index in [1.54, 1.807) is 6.20 Å². The molecule has 0 atom stereocenters. The van der Waals surface area contributed by atoms with Crippen LogP contribution in [0, 0.1) is 13.8 Å². The van der Waals surface area contributed by atoms with Gasteiger partial charge in [-0.15, -0.1) is 0 Å². The largest absolute Gasteiger partial charge is 0.454 e. The number of aromatic nitrogens is 1. The maximum absolute atomic E-state index is 11.9. The van der Waals surface area contributed by atoms with Gasteiger partial charge < -0.3 is 13.9 Å². The van der Waals surface area contributed by atoms with Gasteiger partial charge >= 0.3 is 5.63 Å². The van der Waals surface area contributed by atoms with Crippen LogP contribution in [0.5, 0.6) is 0 Å². The van der Waals surface area contributed by atoms with Crippen LogP contribution in [-0.2, 0) is 6.61 Å². The average Bonchev–Trinajstić information content (AvgIpc) is 3.00. The van der Waals surface area contributed by atoms with E-state index in [1.807, 2.05) is 38.1 Å². The molecular weight excluding hydrogens is 306 g/mol. The Hall–Kier alpha value is -2.92. The van der Waals surface area contributed by atoms with Gasteiger partial charge in [-0.1, -0.05) is 12.1 Å². The zero-order valence-electron chi connectivity index (χ0n) is 13.3. The summed E-state index contributed by atoms with van der Waals surface area (Å²) < 4.78 is 11.3. The molecule has 5 heteroatoms. The Bertz CT molecular complexity index is 1140. The summed E-state index contributed by atoms with van der Waals surface area (Å²) in [4.78, 5) is 16.2. The number of aliphatic hydroxyl groups excluding tert-OH is 1. The van der Waals surface area contributed by atoms with Crippen LogP contribution in [0.25, 0.3) is 33.3 Å². The Labute approximate surface area is 137 Å². The Balaban J connectivity index is 2.06. The second-order valence-electron chi connectivity index (χ2n) is 5.86. The minimum absolute atomic E-state index is 0.125. The first-order valence-corrected chi connectivity index (χ1v) is 7.60. The SMILES string of the molecule is Cc1ccc2c(-c3cc4c(CO)cnc(C)c4o3)cc(=O)oc2c1. The third-order valence-corrected chi connectivity index (χ3v) is 4.16. The molecule has 4 rings (SSSR count). The van der Waals surface area contributed by atoms with Crippen molar-refractivity contribution in [3.05, 3.63) is 63.8 Å². The number of hydrogen-bond donors (Lipinski definition) is 1. The fourth-order valence-electron chi connectivity index (χ4n) is 2.93. The van der Waals surface area contributed by atoms with E-state index in [0.29, 0.717) is 28.1 Å². The van der Waals surface area contributed by atoms with Crippen LogP contribution < -0.4 is 5.63 Å². The summed E-state index contributed by atoms with van der Waals surface area (Å²) in [7, 11) is 0. The predicted molar refractivity (Wildman–Crippen MR) is 90.9 cm³/mol. The van der Waals surface area contributed by atoms with Crippen molar-refractivity contribution in [2.75, 3.05) is 0 Å². The maximum atomic E-state index is 11.9. The van der Waals surface area contributed by atoms with E-state index in [-0.39, 0.29) is 6.61 Å². The lowest BCUT2D eigenvalue weighted by atomic mass is 10.1. The lowest BCUT2D eigenvalue weighted by Crippen LogP contribution is -1.97. The Kier molecular flexibility index (Phi) is 3.25. The van der Waals surface area contributed by atoms with Crippen LogP contribution in [0.2, 0.25) is 0 Å². The third-order valence-electron chi connectivity index (χ3n) is 4.16. The topological polar surface area (TPSA) is 76.5 Å². The molecule has 0 amide bonds. The molecule has 0 aliphatic rings. The molecular formula is C19H15NO4. The Morgan fingerprint density at radius 2 is 1.92 bits per heavy atom. The second-order valence-corrected chi connectivity index (χ2v) is 5.86. The molecule has 0 unspecified atom stereocenters. The highest BCUT2D eigenvalue weighted by molar-refractivity contribution is 5.95. The lowest BCUT2D eigenvalue weighted by molar-refractivity contribution is 0.283. The van der Waals surface area contributed by atoms with E-state index in [9.17, 15) is 9.90 Å². The van der Waals surface area contributed by atoms with E-state index in [0.717, 1.165) is 22.0 Å². The molecule has 120 valence electrons. The van der Waals surface area contributed by atoms with E-state index in [2.05, 4.69) is 4.98 Å². The van der Waals surface area contributed by atoms with Gasteiger partial charge in [-0.2, -0.15) is 0 Å². The molecule has 0 radical (unpaired) electrons. The number of rotatable bonds is 2. The fraction of sp³-hybridized carbons (Fsp3) is 0.158. The third kappa shape index (κ3) is 2.21. The normalized spacial score (nSPS) is 11.5. The summed E-state index contributed by atoms with van der Waals surface area (Å²) in [6.07, 6.45) is 1.64. The Morgan fingerprint density at radius 1 is 1.08 bits per heavy atom. The molecule has 0 saturated carbocycles. The number of benzene rings is 1. The van der Waals surface area contributed by atoms with E-state index in [4.69, 9.17) is 8.83 Å². The van der Waals surface area contributed by atoms with Crippen molar-refractivity contribution in [2.45, 2.75) is 20.5 Å². The quantitative estimate of drug-likeness (QED) is 0.570. The molecule has 3 aromatic heterocycles. The molecule has 5 nitrogen and oxygen atoms in total. The van der Waals surface area contributed by atoms with Crippen molar-refractivity contribution < 1.29 is 13.9 Å². The number of pyridine rings is 1. The monoisotopic (exact) mass is 321 g/mol. The van der Waals surface area contributed by atoms with E-state index < -0.39 is 5.63 Å². The fourth-order valence-corrected chi connectivity index (χ4v) is 2.93. The molecule has 0 fully saturated rings. The molecule has 0 aliphatic heterocycles. The molecule has 3 heterocycles. The van der Waals surface area contributed by atoms with Gasteiger partial charge in [0.15, 0.2) is 5.58 Å².